The minimum Gasteiger partial charge on any atom is -0.458 e. The number of furan rings is 1. The Labute approximate surface area is 152 Å². The first-order valence-corrected chi connectivity index (χ1v) is 7.63. The highest BCUT2D eigenvalue weighted by Gasteiger charge is 2.35. The monoisotopic (exact) mass is 404 g/mol. The number of hydrogen-bond donors (Lipinski definition) is 0. The molecule has 0 unspecified atom stereocenters. The van der Waals surface area contributed by atoms with Gasteiger partial charge in [-0.05, 0) is 13.0 Å². The van der Waals surface area contributed by atoms with Gasteiger partial charge >= 0.3 is 11.9 Å². The van der Waals surface area contributed by atoms with Crippen molar-refractivity contribution in [1.82, 2.24) is 9.13 Å². The van der Waals surface area contributed by atoms with Gasteiger partial charge in [-0.25, -0.2) is 13.8 Å². The Balaban J connectivity index is 2.52. The molecular formula is C16H9ClF4N2O4. The number of aromatic nitrogens is 2. The summed E-state index contributed by atoms with van der Waals surface area (Å²) in [4.78, 5) is 35.9. The summed E-state index contributed by atoms with van der Waals surface area (Å²) in [6, 6.07) is 0.905. The van der Waals surface area contributed by atoms with Crippen LogP contribution in [0.2, 0.25) is 5.02 Å². The largest absolute Gasteiger partial charge is 0.458 e. The highest BCUT2D eigenvalue weighted by atomic mass is 35.5. The molecule has 1 aromatic carbocycles. The van der Waals surface area contributed by atoms with Crippen LogP contribution in [0.1, 0.15) is 21.8 Å². The third-order valence-electron chi connectivity index (χ3n) is 4.02. The second-order valence-corrected chi connectivity index (χ2v) is 6.03. The molecule has 0 atom stereocenters. The van der Waals surface area contributed by atoms with Crippen molar-refractivity contribution in [1.29, 1.82) is 0 Å². The molecule has 0 fully saturated rings. The molecule has 0 aliphatic heterocycles. The Kier molecular flexibility index (Phi) is 4.26. The van der Waals surface area contributed by atoms with Crippen LogP contribution in [0.4, 0.5) is 17.6 Å². The van der Waals surface area contributed by atoms with Crippen molar-refractivity contribution < 1.29 is 26.8 Å². The van der Waals surface area contributed by atoms with E-state index in [9.17, 15) is 31.9 Å². The first-order valence-electron chi connectivity index (χ1n) is 7.26. The van der Waals surface area contributed by atoms with E-state index in [1.165, 1.54) is 6.92 Å². The predicted octanol–water partition coefficient (Wildman–Crippen LogP) is 3.21. The number of alkyl halides is 3. The maximum atomic E-state index is 14.6. The number of aryl methyl sites for hydroxylation is 1. The summed E-state index contributed by atoms with van der Waals surface area (Å²) >= 11 is 5.94. The number of rotatable bonds is 2. The third-order valence-corrected chi connectivity index (χ3v) is 4.31. The van der Waals surface area contributed by atoms with Gasteiger partial charge < -0.3 is 4.42 Å². The lowest BCUT2D eigenvalue weighted by molar-refractivity contribution is -0.144. The minimum atomic E-state index is -4.97. The molecule has 0 saturated carbocycles. The van der Waals surface area contributed by atoms with Crippen molar-refractivity contribution in [3.05, 3.63) is 60.8 Å². The van der Waals surface area contributed by atoms with Crippen molar-refractivity contribution >= 4 is 28.9 Å². The average molecular weight is 405 g/mol. The van der Waals surface area contributed by atoms with Gasteiger partial charge in [0, 0.05) is 13.1 Å². The Bertz CT molecular complexity index is 1220. The van der Waals surface area contributed by atoms with Crippen molar-refractivity contribution in [2.24, 2.45) is 7.05 Å². The lowest BCUT2D eigenvalue weighted by atomic mass is 10.1. The van der Waals surface area contributed by atoms with E-state index in [0.29, 0.717) is 6.29 Å². The standard InChI is InChI=1S/C16H9ClF4N2O4/c1-6-7(5-24)12-8(17)3-9(18)13(14(12)27-6)23-11(25)4-10(16(19,20)21)22(2)15(23)26/h3-5H,1-2H3. The summed E-state index contributed by atoms with van der Waals surface area (Å²) in [6.07, 6.45) is -4.58. The summed E-state index contributed by atoms with van der Waals surface area (Å²) in [5, 5.41) is -0.281. The van der Waals surface area contributed by atoms with Crippen molar-refractivity contribution in [3.63, 3.8) is 0 Å². The van der Waals surface area contributed by atoms with Crippen molar-refractivity contribution in [2.75, 3.05) is 0 Å². The van der Waals surface area contributed by atoms with Crippen molar-refractivity contribution in [3.8, 4) is 5.69 Å². The smallest absolute Gasteiger partial charge is 0.431 e. The number of hydrogen-bond acceptors (Lipinski definition) is 4. The summed E-state index contributed by atoms with van der Waals surface area (Å²) < 4.78 is 59.2. The molecule has 142 valence electrons. The van der Waals surface area contributed by atoms with Crippen LogP contribution in [0.25, 0.3) is 16.7 Å². The van der Waals surface area contributed by atoms with Gasteiger partial charge in [0.1, 0.15) is 17.1 Å². The molecule has 0 radical (unpaired) electrons. The summed E-state index contributed by atoms with van der Waals surface area (Å²) in [7, 11) is 0.788. The maximum absolute atomic E-state index is 14.6. The Hall–Kier alpha value is -2.88. The molecule has 11 heteroatoms. The molecule has 0 aliphatic carbocycles. The van der Waals surface area contributed by atoms with Gasteiger partial charge in [-0.15, -0.1) is 0 Å². The molecule has 27 heavy (non-hydrogen) atoms. The highest BCUT2D eigenvalue weighted by molar-refractivity contribution is 6.36. The van der Waals surface area contributed by atoms with Crippen LogP contribution >= 0.6 is 11.6 Å². The molecule has 3 rings (SSSR count). The number of halogens is 5. The van der Waals surface area contributed by atoms with Crippen LogP contribution in [0.3, 0.4) is 0 Å². The van der Waals surface area contributed by atoms with Crippen LogP contribution in [-0.4, -0.2) is 15.4 Å². The molecule has 0 bridgehead atoms. The number of aldehydes is 1. The molecule has 0 saturated heterocycles. The summed E-state index contributed by atoms with van der Waals surface area (Å²) in [6.45, 7) is 1.37. The Morgan fingerprint density at radius 2 is 1.85 bits per heavy atom. The predicted molar refractivity (Wildman–Crippen MR) is 87.1 cm³/mol. The van der Waals surface area contributed by atoms with E-state index in [-0.39, 0.29) is 36.9 Å². The molecule has 0 N–H and O–H groups in total. The zero-order valence-electron chi connectivity index (χ0n) is 13.6. The average Bonchev–Trinajstić information content (AvgIpc) is 2.89. The van der Waals surface area contributed by atoms with Gasteiger partial charge in [0.2, 0.25) is 0 Å². The van der Waals surface area contributed by atoms with E-state index in [2.05, 4.69) is 0 Å². The lowest BCUT2D eigenvalue weighted by Crippen LogP contribution is -2.41. The first-order chi connectivity index (χ1) is 12.5. The molecule has 0 spiro atoms. The molecular weight excluding hydrogens is 396 g/mol. The van der Waals surface area contributed by atoms with Gasteiger partial charge in [-0.2, -0.15) is 13.2 Å². The highest BCUT2D eigenvalue weighted by Crippen LogP contribution is 2.36. The molecule has 0 amide bonds. The first kappa shape index (κ1) is 18.9. The number of carbonyl (C=O) groups excluding carboxylic acids is 1. The van der Waals surface area contributed by atoms with Gasteiger partial charge in [-0.3, -0.25) is 14.2 Å². The Morgan fingerprint density at radius 1 is 1.22 bits per heavy atom. The van der Waals surface area contributed by atoms with E-state index in [1.54, 1.807) is 0 Å². The van der Waals surface area contributed by atoms with Gasteiger partial charge in [-0.1, -0.05) is 11.6 Å². The maximum Gasteiger partial charge on any atom is 0.431 e. The second-order valence-electron chi connectivity index (χ2n) is 5.63. The van der Waals surface area contributed by atoms with Crippen LogP contribution in [0.5, 0.6) is 0 Å². The van der Waals surface area contributed by atoms with E-state index in [4.69, 9.17) is 16.0 Å². The molecule has 6 nitrogen and oxygen atoms in total. The van der Waals surface area contributed by atoms with Crippen LogP contribution in [0, 0.1) is 12.7 Å². The zero-order valence-corrected chi connectivity index (χ0v) is 14.4. The zero-order chi connectivity index (χ0) is 20.3. The number of carbonyl (C=O) groups is 1. The number of nitrogens with zero attached hydrogens (tertiary/aromatic N) is 2. The summed E-state index contributed by atoms with van der Waals surface area (Å²) in [5.41, 5.74) is -5.53. The fourth-order valence-electron chi connectivity index (χ4n) is 2.78. The van der Waals surface area contributed by atoms with Crippen LogP contribution < -0.4 is 11.2 Å². The molecule has 2 heterocycles. The second kappa shape index (κ2) is 6.08. The molecule has 2 aromatic heterocycles. The fraction of sp³-hybridized carbons (Fsp3) is 0.188. The molecule has 3 aromatic rings. The number of benzene rings is 1. The van der Waals surface area contributed by atoms with Crippen LogP contribution in [-0.2, 0) is 13.2 Å². The Morgan fingerprint density at radius 3 is 2.41 bits per heavy atom. The SMILES string of the molecule is Cc1oc2c(-n3c(=O)cc(C(F)(F)F)n(C)c3=O)c(F)cc(Cl)c2c1C=O. The van der Waals surface area contributed by atoms with Crippen LogP contribution in [0.15, 0.2) is 26.1 Å². The lowest BCUT2D eigenvalue weighted by Gasteiger charge is -2.14. The van der Waals surface area contributed by atoms with Crippen molar-refractivity contribution in [2.45, 2.75) is 13.1 Å². The van der Waals surface area contributed by atoms with Gasteiger partial charge in [0.05, 0.1) is 16.0 Å². The van der Waals surface area contributed by atoms with E-state index >= 15 is 0 Å². The fourth-order valence-corrected chi connectivity index (χ4v) is 3.06. The topological polar surface area (TPSA) is 74.2 Å². The van der Waals surface area contributed by atoms with E-state index < -0.39 is 40.2 Å². The number of fused-ring (bicyclic) bond motifs is 1. The van der Waals surface area contributed by atoms with E-state index in [1.807, 2.05) is 0 Å². The van der Waals surface area contributed by atoms with E-state index in [0.717, 1.165) is 13.1 Å². The third kappa shape index (κ3) is 2.76. The molecule has 0 aliphatic rings. The summed E-state index contributed by atoms with van der Waals surface area (Å²) in [5.74, 6) is -1.15. The minimum absolute atomic E-state index is 0.0329. The van der Waals surface area contributed by atoms with Gasteiger partial charge in [0.15, 0.2) is 17.7 Å². The normalized spacial score (nSPS) is 12.0. The quantitative estimate of drug-likeness (QED) is 0.485. The van der Waals surface area contributed by atoms with Gasteiger partial charge in [0.25, 0.3) is 5.56 Å².